The van der Waals surface area contributed by atoms with Crippen LogP contribution in [0.15, 0.2) is 4.52 Å². The summed E-state index contributed by atoms with van der Waals surface area (Å²) in [6.45, 7) is 7.28. The first-order chi connectivity index (χ1) is 11.1. The SMILES string of the molecule is Cc1noc(C(C)N2CCN(C(=O)CCC3CCCC3)CC2)n1. The Morgan fingerprint density at radius 1 is 1.26 bits per heavy atom. The molecule has 3 rings (SSSR count). The number of hydrogen-bond acceptors (Lipinski definition) is 5. The summed E-state index contributed by atoms with van der Waals surface area (Å²) < 4.78 is 5.27. The van der Waals surface area contributed by atoms with Crippen LogP contribution in [0.3, 0.4) is 0 Å². The van der Waals surface area contributed by atoms with Crippen molar-refractivity contribution in [2.45, 2.75) is 58.4 Å². The second-order valence-corrected chi connectivity index (χ2v) is 6.96. The molecule has 2 aliphatic rings. The lowest BCUT2D eigenvalue weighted by molar-refractivity contribution is -0.133. The summed E-state index contributed by atoms with van der Waals surface area (Å²) in [5, 5.41) is 3.86. The smallest absolute Gasteiger partial charge is 0.243 e. The highest BCUT2D eigenvalue weighted by atomic mass is 16.5. The Hall–Kier alpha value is -1.43. The van der Waals surface area contributed by atoms with Crippen molar-refractivity contribution in [2.75, 3.05) is 26.2 Å². The van der Waals surface area contributed by atoms with Crippen molar-refractivity contribution >= 4 is 5.91 Å². The van der Waals surface area contributed by atoms with Gasteiger partial charge in [-0.25, -0.2) is 0 Å². The Bertz CT molecular complexity index is 516. The molecular weight excluding hydrogens is 292 g/mol. The zero-order chi connectivity index (χ0) is 16.2. The van der Waals surface area contributed by atoms with Gasteiger partial charge in [0.15, 0.2) is 5.82 Å². The summed E-state index contributed by atoms with van der Waals surface area (Å²) in [6.07, 6.45) is 7.15. The Morgan fingerprint density at radius 2 is 1.96 bits per heavy atom. The van der Waals surface area contributed by atoms with Crippen LogP contribution in [0.25, 0.3) is 0 Å². The van der Waals surface area contributed by atoms with E-state index in [1.54, 1.807) is 0 Å². The van der Waals surface area contributed by atoms with E-state index in [1.165, 1.54) is 25.7 Å². The number of carbonyl (C=O) groups is 1. The maximum atomic E-state index is 12.4. The van der Waals surface area contributed by atoms with E-state index in [0.717, 1.165) is 44.9 Å². The Balaban J connectivity index is 1.43. The number of amides is 1. The van der Waals surface area contributed by atoms with Gasteiger partial charge in [0.25, 0.3) is 0 Å². The Morgan fingerprint density at radius 3 is 2.57 bits per heavy atom. The molecule has 128 valence electrons. The standard InChI is InChI=1S/C17H28N4O2/c1-13(17-18-14(2)19-23-17)20-9-11-21(12-10-20)16(22)8-7-15-5-3-4-6-15/h13,15H,3-12H2,1-2H3. The van der Waals surface area contributed by atoms with Crippen LogP contribution in [0.5, 0.6) is 0 Å². The van der Waals surface area contributed by atoms with Crippen molar-refractivity contribution in [1.29, 1.82) is 0 Å². The summed E-state index contributed by atoms with van der Waals surface area (Å²) >= 11 is 0. The van der Waals surface area contributed by atoms with Gasteiger partial charge in [-0.1, -0.05) is 30.8 Å². The van der Waals surface area contributed by atoms with Crippen LogP contribution < -0.4 is 0 Å². The molecule has 2 fully saturated rings. The normalized spacial score (nSPS) is 21.7. The topological polar surface area (TPSA) is 62.5 Å². The monoisotopic (exact) mass is 320 g/mol. The fourth-order valence-corrected chi connectivity index (χ4v) is 3.78. The minimum atomic E-state index is 0.118. The van der Waals surface area contributed by atoms with Gasteiger partial charge >= 0.3 is 0 Å². The summed E-state index contributed by atoms with van der Waals surface area (Å²) in [6, 6.07) is 0.118. The van der Waals surface area contributed by atoms with Crippen molar-refractivity contribution < 1.29 is 9.32 Å². The van der Waals surface area contributed by atoms with Crippen molar-refractivity contribution in [1.82, 2.24) is 19.9 Å². The lowest BCUT2D eigenvalue weighted by Gasteiger charge is -2.37. The average molecular weight is 320 g/mol. The summed E-state index contributed by atoms with van der Waals surface area (Å²) in [4.78, 5) is 21.0. The molecule has 1 aromatic rings. The summed E-state index contributed by atoms with van der Waals surface area (Å²) in [7, 11) is 0. The second-order valence-electron chi connectivity index (χ2n) is 6.96. The van der Waals surface area contributed by atoms with E-state index in [9.17, 15) is 4.79 Å². The molecule has 0 aromatic carbocycles. The van der Waals surface area contributed by atoms with Crippen LogP contribution in [0.1, 0.15) is 63.2 Å². The van der Waals surface area contributed by atoms with Crippen LogP contribution in [0.4, 0.5) is 0 Å². The fourth-order valence-electron chi connectivity index (χ4n) is 3.78. The number of hydrogen-bond donors (Lipinski definition) is 0. The molecule has 6 nitrogen and oxygen atoms in total. The van der Waals surface area contributed by atoms with Gasteiger partial charge in [-0.05, 0) is 26.2 Å². The van der Waals surface area contributed by atoms with Gasteiger partial charge in [-0.15, -0.1) is 0 Å². The van der Waals surface area contributed by atoms with Gasteiger partial charge in [0, 0.05) is 32.6 Å². The molecule has 0 radical (unpaired) electrons. The molecule has 1 aliphatic heterocycles. The molecule has 1 saturated heterocycles. The van der Waals surface area contributed by atoms with Crippen molar-refractivity contribution in [3.05, 3.63) is 11.7 Å². The third kappa shape index (κ3) is 4.10. The number of rotatable bonds is 5. The average Bonchev–Trinajstić information content (AvgIpc) is 3.23. The maximum absolute atomic E-state index is 12.4. The second kappa shape index (κ2) is 7.43. The number of nitrogens with zero attached hydrogens (tertiary/aromatic N) is 4. The molecule has 0 spiro atoms. The van der Waals surface area contributed by atoms with E-state index in [1.807, 2.05) is 11.8 Å². The number of piperazine rings is 1. The van der Waals surface area contributed by atoms with E-state index in [2.05, 4.69) is 22.0 Å². The predicted octanol–water partition coefficient (Wildman–Crippen LogP) is 2.55. The van der Waals surface area contributed by atoms with Gasteiger partial charge in [0.05, 0.1) is 6.04 Å². The van der Waals surface area contributed by atoms with Crippen LogP contribution in [-0.4, -0.2) is 52.0 Å². The first-order valence-electron chi connectivity index (χ1n) is 8.95. The minimum Gasteiger partial charge on any atom is -0.340 e. The van der Waals surface area contributed by atoms with Gasteiger partial charge < -0.3 is 9.42 Å². The molecule has 1 aliphatic carbocycles. The van der Waals surface area contributed by atoms with E-state index >= 15 is 0 Å². The zero-order valence-corrected chi connectivity index (χ0v) is 14.3. The van der Waals surface area contributed by atoms with E-state index in [0.29, 0.717) is 17.6 Å². The first-order valence-corrected chi connectivity index (χ1v) is 8.95. The first kappa shape index (κ1) is 16.4. The highest BCUT2D eigenvalue weighted by Gasteiger charge is 2.27. The van der Waals surface area contributed by atoms with Crippen molar-refractivity contribution in [2.24, 2.45) is 5.92 Å². The molecule has 1 aromatic heterocycles. The molecular formula is C17H28N4O2. The third-order valence-corrected chi connectivity index (χ3v) is 5.36. The number of aryl methyl sites for hydroxylation is 1. The lowest BCUT2D eigenvalue weighted by Crippen LogP contribution is -2.49. The molecule has 1 amide bonds. The highest BCUT2D eigenvalue weighted by molar-refractivity contribution is 5.76. The van der Waals surface area contributed by atoms with Crippen LogP contribution in [-0.2, 0) is 4.79 Å². The summed E-state index contributed by atoms with van der Waals surface area (Å²) in [5.74, 6) is 2.47. The molecule has 0 bridgehead atoms. The lowest BCUT2D eigenvalue weighted by atomic mass is 10.0. The molecule has 1 atom stereocenters. The van der Waals surface area contributed by atoms with Gasteiger partial charge in [0.1, 0.15) is 0 Å². The van der Waals surface area contributed by atoms with Crippen LogP contribution >= 0.6 is 0 Å². The molecule has 6 heteroatoms. The Kier molecular flexibility index (Phi) is 5.30. The van der Waals surface area contributed by atoms with Crippen molar-refractivity contribution in [3.63, 3.8) is 0 Å². The van der Waals surface area contributed by atoms with Gasteiger partial charge in [-0.3, -0.25) is 9.69 Å². The Labute approximate surface area is 138 Å². The van der Waals surface area contributed by atoms with E-state index in [-0.39, 0.29) is 6.04 Å². The zero-order valence-electron chi connectivity index (χ0n) is 14.3. The van der Waals surface area contributed by atoms with E-state index < -0.39 is 0 Å². The fraction of sp³-hybridized carbons (Fsp3) is 0.824. The molecule has 23 heavy (non-hydrogen) atoms. The van der Waals surface area contributed by atoms with Gasteiger partial charge in [0.2, 0.25) is 11.8 Å². The molecule has 0 N–H and O–H groups in total. The largest absolute Gasteiger partial charge is 0.340 e. The number of aromatic nitrogens is 2. The van der Waals surface area contributed by atoms with Crippen LogP contribution in [0, 0.1) is 12.8 Å². The molecule has 2 heterocycles. The quantitative estimate of drug-likeness (QED) is 0.834. The maximum Gasteiger partial charge on any atom is 0.243 e. The highest BCUT2D eigenvalue weighted by Crippen LogP contribution is 2.29. The summed E-state index contributed by atoms with van der Waals surface area (Å²) in [5.41, 5.74) is 0. The predicted molar refractivity (Wildman–Crippen MR) is 86.8 cm³/mol. The molecule has 1 saturated carbocycles. The van der Waals surface area contributed by atoms with Crippen LogP contribution in [0.2, 0.25) is 0 Å². The minimum absolute atomic E-state index is 0.118. The molecule has 1 unspecified atom stereocenters. The van der Waals surface area contributed by atoms with Crippen molar-refractivity contribution in [3.8, 4) is 0 Å². The van der Waals surface area contributed by atoms with Gasteiger partial charge in [-0.2, -0.15) is 4.98 Å². The van der Waals surface area contributed by atoms with E-state index in [4.69, 9.17) is 4.52 Å². The third-order valence-electron chi connectivity index (χ3n) is 5.36. The number of carbonyl (C=O) groups excluding carboxylic acids is 1.